The monoisotopic (exact) mass is 588 g/mol. The second-order valence-electron chi connectivity index (χ2n) is 14.4. The van der Waals surface area contributed by atoms with Crippen LogP contribution in [0.1, 0.15) is 74.8 Å². The molecular weight excluding hydrogens is 544 g/mol. The van der Waals surface area contributed by atoms with Crippen LogP contribution in [0.4, 0.5) is 11.4 Å². The molecule has 2 aromatic carbocycles. The zero-order chi connectivity index (χ0) is 30.0. The third kappa shape index (κ3) is 4.36. The van der Waals surface area contributed by atoms with E-state index in [-0.39, 0.29) is 5.54 Å². The van der Waals surface area contributed by atoms with Crippen LogP contribution in [-0.2, 0) is 0 Å². The van der Waals surface area contributed by atoms with Crippen LogP contribution in [0.5, 0.6) is 0 Å². The van der Waals surface area contributed by atoms with Crippen LogP contribution in [0.2, 0.25) is 0 Å². The number of rotatable bonds is 4. The number of hydrogen-bond acceptors (Lipinski definition) is 2. The van der Waals surface area contributed by atoms with Crippen LogP contribution in [0.15, 0.2) is 144 Å². The van der Waals surface area contributed by atoms with E-state index in [0.717, 1.165) is 19.3 Å². The SMILES string of the molecule is CC1(N2c3ccccc3C3C=CC4c5ccccc5N(C5C=CC(C6C=CC=CC6)=CC5)C4C32)C=CC=C(C2=CCCCC2)C1. The van der Waals surface area contributed by atoms with E-state index in [2.05, 4.69) is 144 Å². The van der Waals surface area contributed by atoms with E-state index in [1.165, 1.54) is 53.8 Å². The maximum Gasteiger partial charge on any atom is 0.0615 e. The van der Waals surface area contributed by atoms with Crippen molar-refractivity contribution in [1.82, 2.24) is 0 Å². The molecule has 0 saturated heterocycles. The van der Waals surface area contributed by atoms with E-state index in [1.807, 2.05) is 0 Å². The van der Waals surface area contributed by atoms with Crippen molar-refractivity contribution in [3.8, 4) is 0 Å². The third-order valence-corrected chi connectivity index (χ3v) is 11.8. The van der Waals surface area contributed by atoms with Crippen molar-refractivity contribution >= 4 is 11.4 Å². The summed E-state index contributed by atoms with van der Waals surface area (Å²) < 4.78 is 0. The Morgan fingerprint density at radius 3 is 2.29 bits per heavy atom. The van der Waals surface area contributed by atoms with Gasteiger partial charge in [0.2, 0.25) is 0 Å². The van der Waals surface area contributed by atoms with Gasteiger partial charge in [-0.05, 0) is 91.8 Å². The van der Waals surface area contributed by atoms with E-state index in [0.29, 0.717) is 35.9 Å². The van der Waals surface area contributed by atoms with Gasteiger partial charge in [0.15, 0.2) is 0 Å². The molecule has 0 N–H and O–H groups in total. The molecule has 9 rings (SSSR count). The van der Waals surface area contributed by atoms with Gasteiger partial charge in [0.25, 0.3) is 0 Å². The Kier molecular flexibility index (Phi) is 6.55. The average molecular weight is 589 g/mol. The number of benzene rings is 2. The van der Waals surface area contributed by atoms with Crippen molar-refractivity contribution in [2.75, 3.05) is 9.80 Å². The number of hydrogen-bond donors (Lipinski definition) is 0. The molecule has 7 aliphatic rings. The molecule has 2 aromatic rings. The van der Waals surface area contributed by atoms with Gasteiger partial charge in [-0.2, -0.15) is 0 Å². The van der Waals surface area contributed by atoms with Crippen molar-refractivity contribution < 1.29 is 0 Å². The van der Waals surface area contributed by atoms with Crippen LogP contribution in [0, 0.1) is 5.92 Å². The third-order valence-electron chi connectivity index (χ3n) is 11.8. The van der Waals surface area contributed by atoms with Gasteiger partial charge in [-0.1, -0.05) is 115 Å². The first-order chi connectivity index (χ1) is 22.2. The fourth-order valence-electron chi connectivity index (χ4n) is 9.77. The number of anilines is 2. The molecule has 7 unspecified atom stereocenters. The fourth-order valence-corrected chi connectivity index (χ4v) is 9.77. The largest absolute Gasteiger partial charge is 0.358 e. The highest BCUT2D eigenvalue weighted by Crippen LogP contribution is 2.58. The summed E-state index contributed by atoms with van der Waals surface area (Å²) >= 11 is 0. The maximum atomic E-state index is 2.88. The predicted octanol–water partition coefficient (Wildman–Crippen LogP) is 10.0. The quantitative estimate of drug-likeness (QED) is 0.328. The molecule has 7 atom stereocenters. The lowest BCUT2D eigenvalue weighted by atomic mass is 9.75. The standard InChI is InChI=1S/C43H44N2/c1-43(28-12-17-33(29-43)31-15-6-3-7-16-31)45-40-21-11-9-19-36(40)38-27-26-37-35-18-8-10-20-39(35)44(41(37)42(38)45)34-24-22-32(23-25-34)30-13-4-2-5-14-30/h2,4-5,8-13,15,17-24,26-28,30,34,37-38,41-42H,3,6-7,14,16,25,29H2,1H3. The Labute approximate surface area is 269 Å². The van der Waals surface area contributed by atoms with Gasteiger partial charge < -0.3 is 9.80 Å². The predicted molar refractivity (Wildman–Crippen MR) is 189 cm³/mol. The molecule has 2 aliphatic heterocycles. The lowest BCUT2D eigenvalue weighted by Crippen LogP contribution is -2.61. The minimum Gasteiger partial charge on any atom is -0.358 e. The molecular formula is C43H44N2. The van der Waals surface area contributed by atoms with Crippen molar-refractivity contribution in [1.29, 1.82) is 0 Å². The molecule has 226 valence electrons. The fraction of sp³-hybridized carbons (Fsp3) is 0.349. The molecule has 45 heavy (non-hydrogen) atoms. The number of para-hydroxylation sites is 2. The van der Waals surface area contributed by atoms with E-state index >= 15 is 0 Å². The Balaban J connectivity index is 1.12. The topological polar surface area (TPSA) is 6.48 Å². The first-order valence-electron chi connectivity index (χ1n) is 17.4. The molecule has 0 bridgehead atoms. The minimum atomic E-state index is -0.0929. The van der Waals surface area contributed by atoms with Crippen LogP contribution in [-0.4, -0.2) is 23.7 Å². The van der Waals surface area contributed by atoms with Crippen LogP contribution in [0.3, 0.4) is 0 Å². The summed E-state index contributed by atoms with van der Waals surface area (Å²) in [4.78, 5) is 5.73. The van der Waals surface area contributed by atoms with Gasteiger partial charge in [0, 0.05) is 29.1 Å². The molecule has 0 spiro atoms. The minimum absolute atomic E-state index is 0.0929. The van der Waals surface area contributed by atoms with Crippen LogP contribution >= 0.6 is 0 Å². The van der Waals surface area contributed by atoms with Crippen LogP contribution < -0.4 is 9.80 Å². The summed E-state index contributed by atoms with van der Waals surface area (Å²) in [5.74, 6) is 1.27. The lowest BCUT2D eigenvalue weighted by molar-refractivity contribution is 0.356. The Morgan fingerprint density at radius 1 is 0.733 bits per heavy atom. The van der Waals surface area contributed by atoms with Crippen molar-refractivity contribution in [3.05, 3.63) is 155 Å². The highest BCUT2D eigenvalue weighted by molar-refractivity contribution is 5.73. The van der Waals surface area contributed by atoms with Gasteiger partial charge >= 0.3 is 0 Å². The van der Waals surface area contributed by atoms with Gasteiger partial charge in [-0.25, -0.2) is 0 Å². The summed E-state index contributed by atoms with van der Waals surface area (Å²) in [6.07, 6.45) is 39.9. The van der Waals surface area contributed by atoms with E-state index in [9.17, 15) is 0 Å². The molecule has 0 amide bonds. The molecule has 0 saturated carbocycles. The van der Waals surface area contributed by atoms with Gasteiger partial charge in [-0.15, -0.1) is 0 Å². The van der Waals surface area contributed by atoms with E-state index in [4.69, 9.17) is 0 Å². The smallest absolute Gasteiger partial charge is 0.0615 e. The summed E-state index contributed by atoms with van der Waals surface area (Å²) in [7, 11) is 0. The van der Waals surface area contributed by atoms with Gasteiger partial charge in [0.05, 0.1) is 23.7 Å². The molecule has 2 heterocycles. The molecule has 0 radical (unpaired) electrons. The van der Waals surface area contributed by atoms with Crippen molar-refractivity contribution in [2.24, 2.45) is 5.92 Å². The Hall–Kier alpha value is -4.04. The zero-order valence-corrected chi connectivity index (χ0v) is 26.4. The molecule has 2 heteroatoms. The number of nitrogens with zero attached hydrogens (tertiary/aromatic N) is 2. The van der Waals surface area contributed by atoms with Gasteiger partial charge in [-0.3, -0.25) is 0 Å². The second-order valence-corrected chi connectivity index (χ2v) is 14.4. The molecule has 0 fully saturated rings. The molecule has 0 aromatic heterocycles. The Bertz CT molecular complexity index is 1760. The summed E-state index contributed by atoms with van der Waals surface area (Å²) in [5.41, 5.74) is 10.4. The summed E-state index contributed by atoms with van der Waals surface area (Å²) in [5, 5.41) is 0. The second kappa shape index (κ2) is 10.8. The zero-order valence-electron chi connectivity index (χ0n) is 26.4. The molecule has 5 aliphatic carbocycles. The lowest BCUT2D eigenvalue weighted by Gasteiger charge is -2.51. The van der Waals surface area contributed by atoms with Crippen LogP contribution in [0.25, 0.3) is 0 Å². The number of allylic oxidation sites excluding steroid dienone is 10. The first-order valence-corrected chi connectivity index (χ1v) is 17.4. The molecule has 2 nitrogen and oxygen atoms in total. The van der Waals surface area contributed by atoms with E-state index in [1.54, 1.807) is 11.1 Å². The highest BCUT2D eigenvalue weighted by Gasteiger charge is 2.56. The average Bonchev–Trinajstić information content (AvgIpc) is 3.63. The van der Waals surface area contributed by atoms with Gasteiger partial charge in [0.1, 0.15) is 0 Å². The Morgan fingerprint density at radius 2 is 1.53 bits per heavy atom. The summed E-state index contributed by atoms with van der Waals surface area (Å²) in [6.45, 7) is 2.51. The van der Waals surface area contributed by atoms with E-state index < -0.39 is 0 Å². The number of fused-ring (bicyclic) bond motifs is 7. The van der Waals surface area contributed by atoms with Crippen molar-refractivity contribution in [2.45, 2.75) is 87.4 Å². The van der Waals surface area contributed by atoms with Crippen molar-refractivity contribution in [3.63, 3.8) is 0 Å². The first kappa shape index (κ1) is 27.3. The maximum absolute atomic E-state index is 2.88. The normalized spacial score (nSPS) is 34.1. The summed E-state index contributed by atoms with van der Waals surface area (Å²) in [6, 6.07) is 19.7. The highest BCUT2D eigenvalue weighted by atomic mass is 15.3.